The Labute approximate surface area is 81.5 Å². The molecule has 0 aromatic carbocycles. The monoisotopic (exact) mass is 187 g/mol. The fraction of sp³-hybridized carbons (Fsp3) is 0.300. The highest BCUT2D eigenvalue weighted by Gasteiger charge is 2.13. The second kappa shape index (κ2) is 3.76. The molecule has 0 aliphatic rings. The van der Waals surface area contributed by atoms with E-state index in [4.69, 9.17) is 20.4 Å². The van der Waals surface area contributed by atoms with E-state index in [1.165, 1.54) is 0 Å². The number of nitrogens with zero attached hydrogens (tertiary/aromatic N) is 2. The molecule has 0 saturated carbocycles. The molecule has 0 spiro atoms. The van der Waals surface area contributed by atoms with Crippen molar-refractivity contribution in [1.29, 1.82) is 15.9 Å². The Morgan fingerprint density at radius 3 is 2.29 bits per heavy atom. The van der Waals surface area contributed by atoms with Gasteiger partial charge in [-0.2, -0.15) is 10.5 Å². The standard InChI is InChI=1S/C10H9N3O/c1-3-9-6(2)7(4-11)8(5-12)10(13)14-9/h13H,3H2,1-2H3. The fourth-order valence-corrected chi connectivity index (χ4v) is 1.27. The minimum absolute atomic E-state index is 0.0159. The Morgan fingerprint density at radius 2 is 1.86 bits per heavy atom. The lowest BCUT2D eigenvalue weighted by Crippen LogP contribution is -2.11. The number of nitrogens with one attached hydrogen (secondary N) is 1. The molecule has 0 atom stereocenters. The first-order valence-electron chi connectivity index (χ1n) is 4.17. The lowest BCUT2D eigenvalue weighted by atomic mass is 10.0. The van der Waals surface area contributed by atoms with Gasteiger partial charge >= 0.3 is 0 Å². The number of rotatable bonds is 1. The summed E-state index contributed by atoms with van der Waals surface area (Å²) in [5.74, 6) is 0.588. The molecule has 1 aromatic heterocycles. The first-order chi connectivity index (χ1) is 6.65. The van der Waals surface area contributed by atoms with Crippen LogP contribution >= 0.6 is 0 Å². The fourth-order valence-electron chi connectivity index (χ4n) is 1.27. The second-order valence-corrected chi connectivity index (χ2v) is 2.81. The van der Waals surface area contributed by atoms with E-state index >= 15 is 0 Å². The lowest BCUT2D eigenvalue weighted by Gasteiger charge is -2.04. The highest BCUT2D eigenvalue weighted by molar-refractivity contribution is 5.48. The molecule has 0 amide bonds. The molecule has 4 nitrogen and oxygen atoms in total. The van der Waals surface area contributed by atoms with E-state index in [2.05, 4.69) is 0 Å². The molecule has 1 heterocycles. The second-order valence-electron chi connectivity index (χ2n) is 2.81. The molecule has 0 bridgehead atoms. The largest absolute Gasteiger partial charge is 0.442 e. The van der Waals surface area contributed by atoms with Gasteiger partial charge in [-0.25, -0.2) is 0 Å². The summed E-state index contributed by atoms with van der Waals surface area (Å²) in [5.41, 5.74) is 0.692. The summed E-state index contributed by atoms with van der Waals surface area (Å²) in [4.78, 5) is 0. The van der Waals surface area contributed by atoms with Crippen molar-refractivity contribution in [1.82, 2.24) is 0 Å². The minimum atomic E-state index is -0.230. The van der Waals surface area contributed by atoms with E-state index < -0.39 is 0 Å². The molecule has 0 aliphatic heterocycles. The maximum Gasteiger partial charge on any atom is 0.230 e. The summed E-state index contributed by atoms with van der Waals surface area (Å²) in [6, 6.07) is 3.73. The van der Waals surface area contributed by atoms with Crippen LogP contribution in [0.5, 0.6) is 0 Å². The molecule has 0 aliphatic carbocycles. The van der Waals surface area contributed by atoms with Crippen LogP contribution < -0.4 is 5.55 Å². The zero-order valence-corrected chi connectivity index (χ0v) is 8.01. The van der Waals surface area contributed by atoms with Gasteiger partial charge in [0.05, 0.1) is 5.56 Å². The van der Waals surface area contributed by atoms with Gasteiger partial charge in [0.25, 0.3) is 0 Å². The van der Waals surface area contributed by atoms with Crippen molar-refractivity contribution < 1.29 is 4.42 Å². The quantitative estimate of drug-likeness (QED) is 0.720. The van der Waals surface area contributed by atoms with Crippen molar-refractivity contribution in [2.75, 3.05) is 0 Å². The molecule has 14 heavy (non-hydrogen) atoms. The average molecular weight is 187 g/mol. The van der Waals surface area contributed by atoms with Gasteiger partial charge in [0.2, 0.25) is 5.55 Å². The number of hydrogen-bond acceptors (Lipinski definition) is 4. The van der Waals surface area contributed by atoms with Crippen LogP contribution in [0.1, 0.15) is 29.4 Å². The van der Waals surface area contributed by atoms with Crippen molar-refractivity contribution in [3.63, 3.8) is 0 Å². The van der Waals surface area contributed by atoms with Crippen LogP contribution in [0.25, 0.3) is 0 Å². The van der Waals surface area contributed by atoms with E-state index in [0.29, 0.717) is 17.7 Å². The summed E-state index contributed by atoms with van der Waals surface area (Å²) in [5, 5.41) is 25.0. The predicted octanol–water partition coefficient (Wildman–Crippen LogP) is 1.37. The van der Waals surface area contributed by atoms with Crippen LogP contribution in [0.2, 0.25) is 0 Å². The molecule has 0 radical (unpaired) electrons. The maximum atomic E-state index is 8.85. The van der Waals surface area contributed by atoms with E-state index in [1.807, 2.05) is 13.0 Å². The Kier molecular flexibility index (Phi) is 2.69. The molecule has 4 heteroatoms. The maximum absolute atomic E-state index is 8.85. The van der Waals surface area contributed by atoms with Crippen LogP contribution in [-0.2, 0) is 6.42 Å². The Balaban J connectivity index is 3.70. The third-order valence-electron chi connectivity index (χ3n) is 2.04. The molecular weight excluding hydrogens is 178 g/mol. The van der Waals surface area contributed by atoms with Gasteiger partial charge in [0.15, 0.2) is 0 Å². The molecule has 70 valence electrons. The van der Waals surface area contributed by atoms with Gasteiger partial charge < -0.3 is 4.42 Å². The zero-order valence-electron chi connectivity index (χ0n) is 8.01. The SMILES string of the molecule is CCc1oc(=N)c(C#N)c(C#N)c1C. The van der Waals surface area contributed by atoms with Crippen molar-refractivity contribution in [2.24, 2.45) is 0 Å². The molecule has 0 fully saturated rings. The van der Waals surface area contributed by atoms with Gasteiger partial charge in [0, 0.05) is 12.0 Å². The van der Waals surface area contributed by atoms with Gasteiger partial charge in [-0.1, -0.05) is 6.92 Å². The first kappa shape index (κ1) is 10.0. The van der Waals surface area contributed by atoms with Crippen LogP contribution in [0.15, 0.2) is 4.42 Å². The Morgan fingerprint density at radius 1 is 1.29 bits per heavy atom. The first-order valence-corrected chi connectivity index (χ1v) is 4.17. The van der Waals surface area contributed by atoms with Gasteiger partial charge in [-0.05, 0) is 6.92 Å². The van der Waals surface area contributed by atoms with Crippen LogP contribution in [-0.4, -0.2) is 0 Å². The average Bonchev–Trinajstić information content (AvgIpc) is 2.20. The van der Waals surface area contributed by atoms with Crippen molar-refractivity contribution >= 4 is 0 Å². The molecule has 0 unspecified atom stereocenters. The third kappa shape index (κ3) is 1.38. The minimum Gasteiger partial charge on any atom is -0.442 e. The molecule has 1 rings (SSSR count). The molecule has 1 N–H and O–H groups in total. The van der Waals surface area contributed by atoms with Crippen molar-refractivity contribution in [2.45, 2.75) is 20.3 Å². The summed E-state index contributed by atoms with van der Waals surface area (Å²) in [6.45, 7) is 3.60. The third-order valence-corrected chi connectivity index (χ3v) is 2.04. The number of nitriles is 2. The summed E-state index contributed by atoms with van der Waals surface area (Å²) in [7, 11) is 0. The van der Waals surface area contributed by atoms with Crippen molar-refractivity contribution in [3.05, 3.63) is 28.0 Å². The highest BCUT2D eigenvalue weighted by Crippen LogP contribution is 2.14. The summed E-state index contributed by atoms with van der Waals surface area (Å²) < 4.78 is 5.11. The van der Waals surface area contributed by atoms with E-state index in [0.717, 1.165) is 0 Å². The molecular formula is C10H9N3O. The zero-order chi connectivity index (χ0) is 10.7. The van der Waals surface area contributed by atoms with E-state index in [1.54, 1.807) is 13.0 Å². The van der Waals surface area contributed by atoms with Crippen LogP contribution in [0.4, 0.5) is 0 Å². The summed E-state index contributed by atoms with van der Waals surface area (Å²) >= 11 is 0. The van der Waals surface area contributed by atoms with E-state index in [-0.39, 0.29) is 16.7 Å². The summed E-state index contributed by atoms with van der Waals surface area (Å²) in [6.07, 6.45) is 0.609. The Bertz CT molecular complexity index is 500. The van der Waals surface area contributed by atoms with Crippen LogP contribution in [0.3, 0.4) is 0 Å². The van der Waals surface area contributed by atoms with Gasteiger partial charge in [-0.15, -0.1) is 0 Å². The topological polar surface area (TPSA) is 84.6 Å². The lowest BCUT2D eigenvalue weighted by molar-refractivity contribution is 0.437. The highest BCUT2D eigenvalue weighted by atomic mass is 16.3. The molecule has 1 aromatic rings. The normalized spacial score (nSPS) is 9.14. The number of aryl methyl sites for hydroxylation is 1. The van der Waals surface area contributed by atoms with Crippen LogP contribution in [0, 0.1) is 35.0 Å². The Hall–Kier alpha value is -2.07. The van der Waals surface area contributed by atoms with E-state index in [9.17, 15) is 0 Å². The smallest absolute Gasteiger partial charge is 0.230 e. The molecule has 0 saturated heterocycles. The van der Waals surface area contributed by atoms with Gasteiger partial charge in [0.1, 0.15) is 23.5 Å². The van der Waals surface area contributed by atoms with Crippen molar-refractivity contribution in [3.8, 4) is 12.1 Å². The van der Waals surface area contributed by atoms with Gasteiger partial charge in [-0.3, -0.25) is 5.41 Å². The predicted molar refractivity (Wildman–Crippen MR) is 48.1 cm³/mol. The number of hydrogen-bond donors (Lipinski definition) is 1.